The maximum absolute atomic E-state index is 11.5. The summed E-state index contributed by atoms with van der Waals surface area (Å²) in [5.74, 6) is 0.932. The number of carbonyl (C=O) groups is 1. The van der Waals surface area contributed by atoms with Crippen molar-refractivity contribution in [3.05, 3.63) is 29.8 Å². The van der Waals surface area contributed by atoms with E-state index in [9.17, 15) is 4.79 Å². The summed E-state index contributed by atoms with van der Waals surface area (Å²) in [6.45, 7) is 3.77. The van der Waals surface area contributed by atoms with Crippen molar-refractivity contribution in [3.8, 4) is 5.75 Å². The highest BCUT2D eigenvalue weighted by atomic mass is 16.5. The number of hydrogen-bond acceptors (Lipinski definition) is 3. The number of nitrogens with one attached hydrogen (secondary N) is 1. The molecule has 4 nitrogen and oxygen atoms in total. The van der Waals surface area contributed by atoms with Gasteiger partial charge in [0.25, 0.3) is 0 Å². The van der Waals surface area contributed by atoms with Gasteiger partial charge >= 0.3 is 0 Å². The van der Waals surface area contributed by atoms with Gasteiger partial charge in [-0.1, -0.05) is 18.6 Å². The van der Waals surface area contributed by atoms with Crippen LogP contribution in [0.2, 0.25) is 0 Å². The van der Waals surface area contributed by atoms with Crippen molar-refractivity contribution in [1.29, 1.82) is 0 Å². The minimum Gasteiger partial charge on any atom is -0.492 e. The van der Waals surface area contributed by atoms with E-state index in [1.165, 1.54) is 5.56 Å². The Morgan fingerprint density at radius 2 is 2.16 bits per heavy atom. The molecule has 0 unspecified atom stereocenters. The van der Waals surface area contributed by atoms with E-state index in [4.69, 9.17) is 10.5 Å². The van der Waals surface area contributed by atoms with Crippen LogP contribution in [0.4, 0.5) is 0 Å². The topological polar surface area (TPSA) is 64.3 Å². The Labute approximate surface area is 115 Å². The predicted molar refractivity (Wildman–Crippen MR) is 77.2 cm³/mol. The first-order valence-electron chi connectivity index (χ1n) is 6.88. The third kappa shape index (κ3) is 7.47. The maximum atomic E-state index is 11.5. The fraction of sp³-hybridized carbons (Fsp3) is 0.533. The molecule has 106 valence electrons. The molecule has 1 amide bonds. The Balaban J connectivity index is 2.05. The molecule has 1 aromatic rings. The van der Waals surface area contributed by atoms with Crippen molar-refractivity contribution < 1.29 is 9.53 Å². The van der Waals surface area contributed by atoms with Crippen LogP contribution in [-0.4, -0.2) is 25.6 Å². The minimum absolute atomic E-state index is 0.0878. The average molecular weight is 264 g/mol. The van der Waals surface area contributed by atoms with Crippen LogP contribution in [0.5, 0.6) is 5.75 Å². The number of ether oxygens (including phenoxy) is 1. The van der Waals surface area contributed by atoms with Crippen molar-refractivity contribution in [2.24, 2.45) is 5.73 Å². The van der Waals surface area contributed by atoms with E-state index in [1.54, 1.807) is 0 Å². The van der Waals surface area contributed by atoms with E-state index in [0.717, 1.165) is 25.0 Å². The molecule has 0 aliphatic carbocycles. The lowest BCUT2D eigenvalue weighted by Gasteiger charge is -2.08. The molecule has 0 saturated carbocycles. The van der Waals surface area contributed by atoms with Crippen LogP contribution in [0.1, 0.15) is 31.2 Å². The highest BCUT2D eigenvalue weighted by molar-refractivity contribution is 5.75. The highest BCUT2D eigenvalue weighted by Gasteiger charge is 2.00. The predicted octanol–water partition coefficient (Wildman–Crippen LogP) is 2.01. The standard InChI is InChI=1S/C15H24N2O2/c1-13-6-5-7-14(12-13)19-11-10-17-15(18)8-3-2-4-9-16/h5-7,12H,2-4,8-11,16H2,1H3,(H,17,18). The number of amides is 1. The highest BCUT2D eigenvalue weighted by Crippen LogP contribution is 2.11. The van der Waals surface area contributed by atoms with Gasteiger partial charge in [-0.3, -0.25) is 4.79 Å². The molecule has 0 heterocycles. The summed E-state index contributed by atoms with van der Waals surface area (Å²) in [6.07, 6.45) is 3.49. The summed E-state index contributed by atoms with van der Waals surface area (Å²) in [6, 6.07) is 7.88. The van der Waals surface area contributed by atoms with Crippen molar-refractivity contribution >= 4 is 5.91 Å². The van der Waals surface area contributed by atoms with Gasteiger partial charge < -0.3 is 15.8 Å². The second kappa shape index (κ2) is 9.39. The molecule has 0 aliphatic heterocycles. The molecule has 0 bridgehead atoms. The first kappa shape index (κ1) is 15.5. The second-order valence-electron chi connectivity index (χ2n) is 4.61. The largest absolute Gasteiger partial charge is 0.492 e. The number of rotatable bonds is 9. The Morgan fingerprint density at radius 3 is 2.89 bits per heavy atom. The molecule has 4 heteroatoms. The fourth-order valence-electron chi connectivity index (χ4n) is 1.76. The van der Waals surface area contributed by atoms with E-state index in [2.05, 4.69) is 5.32 Å². The van der Waals surface area contributed by atoms with Crippen molar-refractivity contribution in [2.45, 2.75) is 32.6 Å². The van der Waals surface area contributed by atoms with Crippen molar-refractivity contribution in [3.63, 3.8) is 0 Å². The lowest BCUT2D eigenvalue weighted by molar-refractivity contribution is -0.121. The quantitative estimate of drug-likeness (QED) is 0.671. The molecular formula is C15H24N2O2. The number of nitrogens with two attached hydrogens (primary N) is 1. The molecule has 1 aromatic carbocycles. The van der Waals surface area contributed by atoms with Gasteiger partial charge in [-0.15, -0.1) is 0 Å². The Bertz CT molecular complexity index is 380. The Kier molecular flexibility index (Phi) is 7.66. The van der Waals surface area contributed by atoms with Crippen LogP contribution < -0.4 is 15.8 Å². The van der Waals surface area contributed by atoms with Gasteiger partial charge in [-0.2, -0.15) is 0 Å². The fourth-order valence-corrected chi connectivity index (χ4v) is 1.76. The number of benzene rings is 1. The molecule has 0 aromatic heterocycles. The Hall–Kier alpha value is -1.55. The van der Waals surface area contributed by atoms with E-state index < -0.39 is 0 Å². The maximum Gasteiger partial charge on any atom is 0.220 e. The molecule has 0 saturated heterocycles. The Morgan fingerprint density at radius 1 is 1.32 bits per heavy atom. The van der Waals surface area contributed by atoms with Crippen LogP contribution in [0.25, 0.3) is 0 Å². The number of unbranched alkanes of at least 4 members (excludes halogenated alkanes) is 2. The third-order valence-electron chi connectivity index (χ3n) is 2.79. The van der Waals surface area contributed by atoms with Crippen LogP contribution in [-0.2, 0) is 4.79 Å². The smallest absolute Gasteiger partial charge is 0.220 e. The van der Waals surface area contributed by atoms with E-state index in [0.29, 0.717) is 26.1 Å². The van der Waals surface area contributed by atoms with Crippen molar-refractivity contribution in [2.75, 3.05) is 19.7 Å². The van der Waals surface area contributed by atoms with Crippen LogP contribution in [0, 0.1) is 6.92 Å². The summed E-state index contributed by atoms with van der Waals surface area (Å²) >= 11 is 0. The molecule has 1 rings (SSSR count). The van der Waals surface area contributed by atoms with Crippen LogP contribution >= 0.6 is 0 Å². The zero-order chi connectivity index (χ0) is 13.9. The number of hydrogen-bond donors (Lipinski definition) is 2. The second-order valence-corrected chi connectivity index (χ2v) is 4.61. The van der Waals surface area contributed by atoms with E-state index >= 15 is 0 Å². The van der Waals surface area contributed by atoms with Gasteiger partial charge in [0.05, 0.1) is 6.54 Å². The molecular weight excluding hydrogens is 240 g/mol. The van der Waals surface area contributed by atoms with E-state index in [-0.39, 0.29) is 5.91 Å². The molecule has 0 fully saturated rings. The van der Waals surface area contributed by atoms with Gasteiger partial charge in [0, 0.05) is 6.42 Å². The van der Waals surface area contributed by atoms with Gasteiger partial charge in [0.2, 0.25) is 5.91 Å². The van der Waals surface area contributed by atoms with Gasteiger partial charge in [0.1, 0.15) is 12.4 Å². The normalized spacial score (nSPS) is 10.2. The lowest BCUT2D eigenvalue weighted by Crippen LogP contribution is -2.27. The molecule has 3 N–H and O–H groups in total. The summed E-state index contributed by atoms with van der Waals surface area (Å²) in [5, 5.41) is 2.85. The van der Waals surface area contributed by atoms with Gasteiger partial charge in [-0.05, 0) is 44.0 Å². The summed E-state index contributed by atoms with van der Waals surface area (Å²) in [4.78, 5) is 11.5. The average Bonchev–Trinajstić information content (AvgIpc) is 2.40. The van der Waals surface area contributed by atoms with Crippen LogP contribution in [0.15, 0.2) is 24.3 Å². The van der Waals surface area contributed by atoms with Gasteiger partial charge in [0.15, 0.2) is 0 Å². The monoisotopic (exact) mass is 264 g/mol. The zero-order valence-corrected chi connectivity index (χ0v) is 11.7. The summed E-state index contributed by atoms with van der Waals surface area (Å²) < 4.78 is 5.55. The van der Waals surface area contributed by atoms with Crippen molar-refractivity contribution in [1.82, 2.24) is 5.32 Å². The molecule has 0 aliphatic rings. The van der Waals surface area contributed by atoms with E-state index in [1.807, 2.05) is 31.2 Å². The molecule has 19 heavy (non-hydrogen) atoms. The zero-order valence-electron chi connectivity index (χ0n) is 11.7. The third-order valence-corrected chi connectivity index (χ3v) is 2.79. The minimum atomic E-state index is 0.0878. The lowest BCUT2D eigenvalue weighted by atomic mass is 10.2. The summed E-state index contributed by atoms with van der Waals surface area (Å²) in [7, 11) is 0. The SMILES string of the molecule is Cc1cccc(OCCNC(=O)CCCCCN)c1. The molecule has 0 radical (unpaired) electrons. The molecule has 0 atom stereocenters. The number of aryl methyl sites for hydroxylation is 1. The van der Waals surface area contributed by atoms with Crippen LogP contribution in [0.3, 0.4) is 0 Å². The number of carbonyl (C=O) groups excluding carboxylic acids is 1. The first-order valence-corrected chi connectivity index (χ1v) is 6.88. The molecule has 0 spiro atoms. The van der Waals surface area contributed by atoms with Gasteiger partial charge in [-0.25, -0.2) is 0 Å². The first-order chi connectivity index (χ1) is 9.22. The summed E-state index contributed by atoms with van der Waals surface area (Å²) in [5.41, 5.74) is 6.56.